The maximum atomic E-state index is 12.4. The third-order valence-corrected chi connectivity index (χ3v) is 4.56. The van der Waals surface area contributed by atoms with E-state index in [-0.39, 0.29) is 23.8 Å². The summed E-state index contributed by atoms with van der Waals surface area (Å²) in [5, 5.41) is 8.50. The van der Waals surface area contributed by atoms with Crippen LogP contribution in [-0.2, 0) is 4.79 Å². The van der Waals surface area contributed by atoms with E-state index >= 15 is 0 Å². The molecule has 3 N–H and O–H groups in total. The smallest absolute Gasteiger partial charge is 0.255 e. The normalized spacial score (nSPS) is 13.8. The average molecular weight is 365 g/mol. The van der Waals surface area contributed by atoms with Crippen molar-refractivity contribution in [2.45, 2.75) is 38.6 Å². The van der Waals surface area contributed by atoms with Crippen LogP contribution in [0.2, 0.25) is 0 Å². The molecule has 0 aromatic heterocycles. The van der Waals surface area contributed by atoms with E-state index in [0.717, 1.165) is 25.7 Å². The Hall–Kier alpha value is -3.15. The van der Waals surface area contributed by atoms with Crippen molar-refractivity contribution in [3.63, 3.8) is 0 Å². The van der Waals surface area contributed by atoms with E-state index in [4.69, 9.17) is 0 Å². The van der Waals surface area contributed by atoms with Gasteiger partial charge in [-0.3, -0.25) is 14.4 Å². The van der Waals surface area contributed by atoms with Crippen LogP contribution in [0.3, 0.4) is 0 Å². The van der Waals surface area contributed by atoms with Crippen molar-refractivity contribution in [3.05, 3.63) is 59.7 Å². The van der Waals surface area contributed by atoms with Crippen LogP contribution >= 0.6 is 0 Å². The Kier molecular flexibility index (Phi) is 5.86. The summed E-state index contributed by atoms with van der Waals surface area (Å²) in [5.74, 6) is -0.503. The summed E-state index contributed by atoms with van der Waals surface area (Å²) in [6.45, 7) is 1.44. The van der Waals surface area contributed by atoms with E-state index < -0.39 is 0 Å². The molecule has 140 valence electrons. The van der Waals surface area contributed by atoms with Crippen molar-refractivity contribution in [2.75, 3.05) is 10.6 Å². The summed E-state index contributed by atoms with van der Waals surface area (Å²) >= 11 is 0. The number of hydrogen-bond acceptors (Lipinski definition) is 3. The lowest BCUT2D eigenvalue weighted by molar-refractivity contribution is -0.114. The highest BCUT2D eigenvalue weighted by atomic mass is 16.2. The molecular weight excluding hydrogens is 342 g/mol. The van der Waals surface area contributed by atoms with Crippen LogP contribution in [-0.4, -0.2) is 23.8 Å². The molecule has 6 nitrogen and oxygen atoms in total. The second kappa shape index (κ2) is 8.49. The van der Waals surface area contributed by atoms with Crippen molar-refractivity contribution in [3.8, 4) is 0 Å². The second-order valence-corrected chi connectivity index (χ2v) is 6.74. The van der Waals surface area contributed by atoms with E-state index in [0.29, 0.717) is 22.5 Å². The van der Waals surface area contributed by atoms with Crippen molar-refractivity contribution in [2.24, 2.45) is 0 Å². The van der Waals surface area contributed by atoms with Gasteiger partial charge >= 0.3 is 0 Å². The Morgan fingerprint density at radius 3 is 1.74 bits per heavy atom. The molecule has 0 atom stereocenters. The second-order valence-electron chi connectivity index (χ2n) is 6.74. The van der Waals surface area contributed by atoms with Gasteiger partial charge in [-0.05, 0) is 61.4 Å². The Morgan fingerprint density at radius 2 is 1.22 bits per heavy atom. The molecule has 0 bridgehead atoms. The van der Waals surface area contributed by atoms with Gasteiger partial charge in [0, 0.05) is 35.5 Å². The maximum Gasteiger partial charge on any atom is 0.255 e. The lowest BCUT2D eigenvalue weighted by Crippen LogP contribution is -2.32. The molecule has 1 saturated carbocycles. The molecule has 2 aromatic carbocycles. The molecule has 0 saturated heterocycles. The lowest BCUT2D eigenvalue weighted by atomic mass is 10.1. The van der Waals surface area contributed by atoms with Gasteiger partial charge in [0.05, 0.1) is 0 Å². The van der Waals surface area contributed by atoms with Gasteiger partial charge in [0.15, 0.2) is 0 Å². The van der Waals surface area contributed by atoms with Crippen molar-refractivity contribution in [1.82, 2.24) is 5.32 Å². The largest absolute Gasteiger partial charge is 0.349 e. The minimum absolute atomic E-state index is 0.0950. The van der Waals surface area contributed by atoms with Gasteiger partial charge in [-0.1, -0.05) is 12.8 Å². The molecule has 3 amide bonds. The average Bonchev–Trinajstić information content (AvgIpc) is 3.16. The van der Waals surface area contributed by atoms with Gasteiger partial charge in [-0.25, -0.2) is 0 Å². The standard InChI is InChI=1S/C21H23N3O3/c1-14(25)22-18-10-12-19(13-11-18)24-21(27)16-8-6-15(7-9-16)20(26)23-17-4-2-3-5-17/h6-13,17H,2-5H2,1H3,(H,22,25)(H,23,26)(H,24,27). The molecule has 0 radical (unpaired) electrons. The predicted molar refractivity (Wildman–Crippen MR) is 105 cm³/mol. The lowest BCUT2D eigenvalue weighted by Gasteiger charge is -2.12. The highest BCUT2D eigenvalue weighted by Crippen LogP contribution is 2.18. The van der Waals surface area contributed by atoms with Gasteiger partial charge < -0.3 is 16.0 Å². The van der Waals surface area contributed by atoms with Gasteiger partial charge in [-0.2, -0.15) is 0 Å². The first-order valence-electron chi connectivity index (χ1n) is 9.11. The number of benzene rings is 2. The Bertz CT molecular complexity index is 823. The van der Waals surface area contributed by atoms with Crippen LogP contribution < -0.4 is 16.0 Å². The molecule has 6 heteroatoms. The third kappa shape index (κ3) is 5.17. The topological polar surface area (TPSA) is 87.3 Å². The molecule has 2 aromatic rings. The van der Waals surface area contributed by atoms with Crippen LogP contribution in [0, 0.1) is 0 Å². The predicted octanol–water partition coefficient (Wildman–Crippen LogP) is 3.57. The molecule has 0 spiro atoms. The fourth-order valence-corrected chi connectivity index (χ4v) is 3.16. The fraction of sp³-hybridized carbons (Fsp3) is 0.286. The summed E-state index contributed by atoms with van der Waals surface area (Å²) in [4.78, 5) is 35.6. The molecule has 0 heterocycles. The molecular formula is C21H23N3O3. The van der Waals surface area contributed by atoms with Crippen LogP contribution in [0.4, 0.5) is 11.4 Å². The number of anilines is 2. The minimum Gasteiger partial charge on any atom is -0.349 e. The molecule has 1 fully saturated rings. The molecule has 27 heavy (non-hydrogen) atoms. The minimum atomic E-state index is -0.259. The van der Waals surface area contributed by atoms with Crippen LogP contribution in [0.15, 0.2) is 48.5 Å². The van der Waals surface area contributed by atoms with Gasteiger partial charge in [0.1, 0.15) is 0 Å². The zero-order chi connectivity index (χ0) is 19.2. The number of carbonyl (C=O) groups excluding carboxylic acids is 3. The highest BCUT2D eigenvalue weighted by Gasteiger charge is 2.18. The van der Waals surface area contributed by atoms with Gasteiger partial charge in [0.25, 0.3) is 11.8 Å². The summed E-state index contributed by atoms with van der Waals surface area (Å²) in [6.07, 6.45) is 4.39. The van der Waals surface area contributed by atoms with E-state index in [9.17, 15) is 14.4 Å². The Balaban J connectivity index is 1.58. The molecule has 1 aliphatic rings. The quantitative estimate of drug-likeness (QED) is 0.757. The third-order valence-electron chi connectivity index (χ3n) is 4.56. The molecule has 0 unspecified atom stereocenters. The summed E-state index contributed by atoms with van der Waals surface area (Å²) in [7, 11) is 0. The van der Waals surface area contributed by atoms with E-state index in [2.05, 4.69) is 16.0 Å². The summed E-state index contributed by atoms with van der Waals surface area (Å²) < 4.78 is 0. The van der Waals surface area contributed by atoms with Crippen molar-refractivity contribution >= 4 is 29.1 Å². The number of rotatable bonds is 5. The fourth-order valence-electron chi connectivity index (χ4n) is 3.16. The number of nitrogens with one attached hydrogen (secondary N) is 3. The molecule has 1 aliphatic carbocycles. The van der Waals surface area contributed by atoms with Crippen LogP contribution in [0.25, 0.3) is 0 Å². The van der Waals surface area contributed by atoms with E-state index in [1.165, 1.54) is 6.92 Å². The number of carbonyl (C=O) groups is 3. The molecule has 0 aliphatic heterocycles. The van der Waals surface area contributed by atoms with E-state index in [1.807, 2.05) is 0 Å². The summed E-state index contributed by atoms with van der Waals surface area (Å²) in [6, 6.07) is 13.7. The van der Waals surface area contributed by atoms with Crippen molar-refractivity contribution in [1.29, 1.82) is 0 Å². The SMILES string of the molecule is CC(=O)Nc1ccc(NC(=O)c2ccc(C(=O)NC3CCCC3)cc2)cc1. The molecule has 3 rings (SSSR count). The van der Waals surface area contributed by atoms with Crippen LogP contribution in [0.1, 0.15) is 53.3 Å². The van der Waals surface area contributed by atoms with Gasteiger partial charge in [0.2, 0.25) is 5.91 Å². The monoisotopic (exact) mass is 365 g/mol. The number of hydrogen-bond donors (Lipinski definition) is 3. The van der Waals surface area contributed by atoms with Crippen LogP contribution in [0.5, 0.6) is 0 Å². The van der Waals surface area contributed by atoms with E-state index in [1.54, 1.807) is 48.5 Å². The Labute approximate surface area is 158 Å². The first-order chi connectivity index (χ1) is 13.0. The van der Waals surface area contributed by atoms with Crippen molar-refractivity contribution < 1.29 is 14.4 Å². The zero-order valence-electron chi connectivity index (χ0n) is 15.2. The first-order valence-corrected chi connectivity index (χ1v) is 9.11. The summed E-state index contributed by atoms with van der Waals surface area (Å²) in [5.41, 5.74) is 2.31. The Morgan fingerprint density at radius 1 is 0.741 bits per heavy atom. The zero-order valence-corrected chi connectivity index (χ0v) is 15.2. The van der Waals surface area contributed by atoms with Gasteiger partial charge in [-0.15, -0.1) is 0 Å². The highest BCUT2D eigenvalue weighted by molar-refractivity contribution is 6.05. The maximum absolute atomic E-state index is 12.4. The number of amides is 3. The first kappa shape index (κ1) is 18.6.